The van der Waals surface area contributed by atoms with E-state index < -0.39 is 5.54 Å². The number of nitrogens with one attached hydrogen (secondary N) is 1. The van der Waals surface area contributed by atoms with E-state index in [1.54, 1.807) is 6.07 Å². The van der Waals surface area contributed by atoms with Gasteiger partial charge in [0.1, 0.15) is 5.54 Å². The fourth-order valence-corrected chi connectivity index (χ4v) is 3.28. The number of nitrogens with two attached hydrogens (primary N) is 1. The Kier molecular flexibility index (Phi) is 4.92. The largest absolute Gasteiger partial charge is 0.457 e. The molecular weight excluding hydrogens is 338 g/mol. The number of hydrogen-bond acceptors (Lipinski definition) is 4. The van der Waals surface area contributed by atoms with Gasteiger partial charge in [0.25, 0.3) is 5.91 Å². The maximum Gasteiger partial charge on any atom is 0.256 e. The van der Waals surface area contributed by atoms with Gasteiger partial charge in [0, 0.05) is 0 Å². The monoisotopic (exact) mass is 357 g/mol. The highest BCUT2D eigenvalue weighted by Gasteiger charge is 2.40. The summed E-state index contributed by atoms with van der Waals surface area (Å²) in [5.41, 5.74) is 5.48. The molecule has 21 heavy (non-hydrogen) atoms. The van der Waals surface area contributed by atoms with E-state index in [0.717, 1.165) is 19.3 Å². The van der Waals surface area contributed by atoms with Gasteiger partial charge in [-0.3, -0.25) is 4.79 Å². The van der Waals surface area contributed by atoms with Crippen molar-refractivity contribution in [1.82, 2.24) is 5.32 Å². The van der Waals surface area contributed by atoms with E-state index in [9.17, 15) is 4.79 Å². The number of amides is 1. The normalized spacial score (nSPS) is 26.6. The first-order valence-electron chi connectivity index (χ1n) is 7.06. The van der Waals surface area contributed by atoms with Gasteiger partial charge in [-0.25, -0.2) is 0 Å². The van der Waals surface area contributed by atoms with Gasteiger partial charge in [-0.05, 0) is 53.6 Å². The molecule has 1 amide bonds. The molecule has 0 atom stereocenters. The molecule has 1 aromatic rings. The van der Waals surface area contributed by atoms with Crippen molar-refractivity contribution in [3.8, 4) is 0 Å². The molecule has 1 aromatic heterocycles. The molecule has 0 radical (unpaired) electrons. The summed E-state index contributed by atoms with van der Waals surface area (Å²) < 4.78 is 5.45. The van der Waals surface area contributed by atoms with Crippen LogP contribution < -0.4 is 11.1 Å². The molecule has 7 heteroatoms. The molecule has 1 heterocycles. The van der Waals surface area contributed by atoms with Crippen molar-refractivity contribution < 1.29 is 14.4 Å². The Bertz CT molecular complexity index is 533. The van der Waals surface area contributed by atoms with E-state index >= 15 is 0 Å². The SMILES string of the molecule is CCC1CCC(NC(=O)c2ccoc2Br)(/C(N)=N/O)CC1. The van der Waals surface area contributed by atoms with Crippen LogP contribution in [0.15, 0.2) is 26.6 Å². The van der Waals surface area contributed by atoms with Gasteiger partial charge >= 0.3 is 0 Å². The fraction of sp³-hybridized carbons (Fsp3) is 0.571. The highest BCUT2D eigenvalue weighted by molar-refractivity contribution is 9.10. The molecular formula is C14H20BrN3O3. The molecule has 0 aliphatic heterocycles. The van der Waals surface area contributed by atoms with E-state index in [1.807, 2.05) is 0 Å². The van der Waals surface area contributed by atoms with E-state index in [0.29, 0.717) is 29.0 Å². The zero-order chi connectivity index (χ0) is 15.5. The summed E-state index contributed by atoms with van der Waals surface area (Å²) in [6.45, 7) is 2.16. The lowest BCUT2D eigenvalue weighted by Gasteiger charge is -2.39. The summed E-state index contributed by atoms with van der Waals surface area (Å²) in [6.07, 6.45) is 5.76. The molecule has 0 spiro atoms. The zero-order valence-corrected chi connectivity index (χ0v) is 13.5. The Labute approximate surface area is 131 Å². The van der Waals surface area contributed by atoms with Crippen LogP contribution in [0.4, 0.5) is 0 Å². The van der Waals surface area contributed by atoms with Gasteiger partial charge < -0.3 is 20.7 Å². The lowest BCUT2D eigenvalue weighted by Crippen LogP contribution is -2.59. The molecule has 6 nitrogen and oxygen atoms in total. The van der Waals surface area contributed by atoms with Crippen LogP contribution in [-0.4, -0.2) is 22.5 Å². The van der Waals surface area contributed by atoms with E-state index in [4.69, 9.17) is 15.4 Å². The predicted molar refractivity (Wildman–Crippen MR) is 82.3 cm³/mol. The first-order chi connectivity index (χ1) is 10.0. The van der Waals surface area contributed by atoms with Gasteiger partial charge in [-0.1, -0.05) is 18.5 Å². The maximum absolute atomic E-state index is 12.4. The average molecular weight is 358 g/mol. The van der Waals surface area contributed by atoms with Crippen LogP contribution in [0.1, 0.15) is 49.4 Å². The lowest BCUT2D eigenvalue weighted by molar-refractivity contribution is 0.0893. The number of hydrogen-bond donors (Lipinski definition) is 3. The zero-order valence-electron chi connectivity index (χ0n) is 11.9. The minimum Gasteiger partial charge on any atom is -0.457 e. The van der Waals surface area contributed by atoms with E-state index in [1.165, 1.54) is 6.26 Å². The molecule has 2 rings (SSSR count). The summed E-state index contributed by atoms with van der Waals surface area (Å²) in [5, 5.41) is 15.1. The number of halogens is 1. The third-order valence-electron chi connectivity index (χ3n) is 4.35. The smallest absolute Gasteiger partial charge is 0.256 e. The van der Waals surface area contributed by atoms with Gasteiger partial charge in [-0.2, -0.15) is 0 Å². The quantitative estimate of drug-likeness (QED) is 0.333. The standard InChI is InChI=1S/C14H20BrN3O3/c1-2-9-3-6-14(7-4-9,13(16)18-20)17-12(19)10-5-8-21-11(10)15/h5,8-9,20H,2-4,6-7H2,1H3,(H2,16,18)(H,17,19). The molecule has 0 saturated heterocycles. The summed E-state index contributed by atoms with van der Waals surface area (Å²) in [4.78, 5) is 12.4. The molecule has 0 aromatic carbocycles. The Morgan fingerprint density at radius 3 is 2.76 bits per heavy atom. The molecule has 1 fully saturated rings. The Hall–Kier alpha value is -1.50. The van der Waals surface area contributed by atoms with Crippen LogP contribution in [0.25, 0.3) is 0 Å². The van der Waals surface area contributed by atoms with Crippen LogP contribution in [0.3, 0.4) is 0 Å². The minimum atomic E-state index is -0.784. The molecule has 1 aliphatic rings. The fourth-order valence-electron chi connectivity index (χ4n) is 2.86. The summed E-state index contributed by atoms with van der Waals surface area (Å²) in [6, 6.07) is 1.58. The first kappa shape index (κ1) is 15.9. The van der Waals surface area contributed by atoms with Gasteiger partial charge in [0.2, 0.25) is 0 Å². The van der Waals surface area contributed by atoms with Gasteiger partial charge in [-0.15, -0.1) is 0 Å². The number of amidine groups is 1. The van der Waals surface area contributed by atoms with Gasteiger partial charge in [0.05, 0.1) is 11.8 Å². The van der Waals surface area contributed by atoms with Crippen LogP contribution in [0, 0.1) is 5.92 Å². The highest BCUT2D eigenvalue weighted by atomic mass is 79.9. The van der Waals surface area contributed by atoms with Gasteiger partial charge in [0.15, 0.2) is 10.5 Å². The van der Waals surface area contributed by atoms with Crippen molar-refractivity contribution >= 4 is 27.7 Å². The molecule has 0 unspecified atom stereocenters. The maximum atomic E-state index is 12.4. The van der Waals surface area contributed by atoms with Crippen LogP contribution >= 0.6 is 15.9 Å². The second kappa shape index (κ2) is 6.51. The summed E-state index contributed by atoms with van der Waals surface area (Å²) in [5.74, 6) is 0.393. The molecule has 0 bridgehead atoms. The highest BCUT2D eigenvalue weighted by Crippen LogP contribution is 2.34. The molecule has 116 valence electrons. The van der Waals surface area contributed by atoms with Crippen LogP contribution in [-0.2, 0) is 0 Å². The Morgan fingerprint density at radius 2 is 2.29 bits per heavy atom. The van der Waals surface area contributed by atoms with Crippen molar-refractivity contribution in [3.05, 3.63) is 22.6 Å². The van der Waals surface area contributed by atoms with Crippen molar-refractivity contribution in [2.75, 3.05) is 0 Å². The molecule has 1 aliphatic carbocycles. The van der Waals surface area contributed by atoms with Crippen molar-refractivity contribution in [2.24, 2.45) is 16.8 Å². The first-order valence-corrected chi connectivity index (χ1v) is 7.85. The summed E-state index contributed by atoms with van der Waals surface area (Å²) in [7, 11) is 0. The van der Waals surface area contributed by atoms with E-state index in [-0.39, 0.29) is 11.7 Å². The topological polar surface area (TPSA) is 101 Å². The third kappa shape index (κ3) is 3.23. The number of furan rings is 1. The van der Waals surface area contributed by atoms with Crippen LogP contribution in [0.5, 0.6) is 0 Å². The molecule has 1 saturated carbocycles. The van der Waals surface area contributed by atoms with E-state index in [2.05, 4.69) is 33.3 Å². The van der Waals surface area contributed by atoms with Crippen LogP contribution in [0.2, 0.25) is 0 Å². The number of rotatable bonds is 4. The average Bonchev–Trinajstić information content (AvgIpc) is 2.93. The number of carbonyl (C=O) groups excluding carboxylic acids is 1. The van der Waals surface area contributed by atoms with Crippen molar-refractivity contribution in [1.29, 1.82) is 0 Å². The van der Waals surface area contributed by atoms with Crippen molar-refractivity contribution in [3.63, 3.8) is 0 Å². The molecule has 4 N–H and O–H groups in total. The minimum absolute atomic E-state index is 0.0602. The second-order valence-corrected chi connectivity index (χ2v) is 6.20. The Balaban J connectivity index is 2.18. The lowest BCUT2D eigenvalue weighted by atomic mass is 9.74. The van der Waals surface area contributed by atoms with Crippen molar-refractivity contribution in [2.45, 2.75) is 44.6 Å². The predicted octanol–water partition coefficient (Wildman–Crippen LogP) is 2.86. The number of nitrogens with zero attached hydrogens (tertiary/aromatic N) is 1. The number of carbonyl (C=O) groups is 1. The second-order valence-electron chi connectivity index (χ2n) is 5.48. The Morgan fingerprint density at radius 1 is 1.62 bits per heavy atom. The summed E-state index contributed by atoms with van der Waals surface area (Å²) >= 11 is 3.19. The number of oxime groups is 1. The third-order valence-corrected chi connectivity index (χ3v) is 4.96.